The maximum atomic E-state index is 5.90. The normalized spacial score (nSPS) is 19.0. The second-order valence-corrected chi connectivity index (χ2v) is 5.79. The first-order valence-corrected chi connectivity index (χ1v) is 8.27. The molecule has 1 aliphatic rings. The van der Waals surface area contributed by atoms with Crippen LogP contribution in [0.15, 0.2) is 4.99 Å². The van der Waals surface area contributed by atoms with Crippen LogP contribution in [0.1, 0.15) is 51.4 Å². The molecule has 4 heteroatoms. The SMILES string of the molecule is CSCCCCN=C(N)NC1CCCCCC1. The molecule has 1 fully saturated rings. The fourth-order valence-electron chi connectivity index (χ4n) is 2.24. The summed E-state index contributed by atoms with van der Waals surface area (Å²) in [6.45, 7) is 0.867. The lowest BCUT2D eigenvalue weighted by molar-refractivity contribution is 0.530. The van der Waals surface area contributed by atoms with Crippen molar-refractivity contribution in [3.8, 4) is 0 Å². The molecule has 0 heterocycles. The zero-order valence-electron chi connectivity index (χ0n) is 11.1. The van der Waals surface area contributed by atoms with Crippen molar-refractivity contribution < 1.29 is 0 Å². The fraction of sp³-hybridized carbons (Fsp3) is 0.923. The second-order valence-electron chi connectivity index (χ2n) is 4.80. The third kappa shape index (κ3) is 7.53. The van der Waals surface area contributed by atoms with Crippen molar-refractivity contribution >= 4 is 17.7 Å². The predicted molar refractivity (Wildman–Crippen MR) is 78.7 cm³/mol. The molecule has 1 aliphatic carbocycles. The lowest BCUT2D eigenvalue weighted by atomic mass is 10.1. The van der Waals surface area contributed by atoms with Gasteiger partial charge in [0.05, 0.1) is 0 Å². The molecule has 3 nitrogen and oxygen atoms in total. The Labute approximate surface area is 110 Å². The molecule has 0 radical (unpaired) electrons. The minimum Gasteiger partial charge on any atom is -0.370 e. The van der Waals surface area contributed by atoms with Gasteiger partial charge in [-0.15, -0.1) is 0 Å². The molecule has 0 aromatic carbocycles. The van der Waals surface area contributed by atoms with Gasteiger partial charge in [-0.05, 0) is 37.7 Å². The number of hydrogen-bond donors (Lipinski definition) is 2. The van der Waals surface area contributed by atoms with Gasteiger partial charge in [-0.1, -0.05) is 25.7 Å². The summed E-state index contributed by atoms with van der Waals surface area (Å²) in [7, 11) is 0. The van der Waals surface area contributed by atoms with E-state index in [4.69, 9.17) is 5.73 Å². The molecule has 0 spiro atoms. The summed E-state index contributed by atoms with van der Waals surface area (Å²) in [5.41, 5.74) is 5.90. The van der Waals surface area contributed by atoms with Crippen LogP contribution in [0.25, 0.3) is 0 Å². The number of aliphatic imine (C=N–C) groups is 1. The molecule has 0 aromatic rings. The molecule has 0 amide bonds. The molecule has 0 saturated heterocycles. The monoisotopic (exact) mass is 257 g/mol. The van der Waals surface area contributed by atoms with E-state index in [-0.39, 0.29) is 0 Å². The standard InChI is InChI=1S/C13H27N3S/c1-17-11-7-6-10-15-13(14)16-12-8-4-2-3-5-9-12/h12H,2-11H2,1H3,(H3,14,15,16). The van der Waals surface area contributed by atoms with Crippen LogP contribution in [0.5, 0.6) is 0 Å². The van der Waals surface area contributed by atoms with Crippen LogP contribution in [0.3, 0.4) is 0 Å². The lowest BCUT2D eigenvalue weighted by Crippen LogP contribution is -2.39. The number of nitrogens with one attached hydrogen (secondary N) is 1. The molecule has 0 aliphatic heterocycles. The first-order valence-electron chi connectivity index (χ1n) is 6.88. The Kier molecular flexibility index (Phi) is 8.32. The van der Waals surface area contributed by atoms with Crippen LogP contribution in [0, 0.1) is 0 Å². The first kappa shape index (κ1) is 14.7. The number of unbranched alkanes of at least 4 members (excludes halogenated alkanes) is 1. The third-order valence-corrected chi connectivity index (χ3v) is 3.94. The van der Waals surface area contributed by atoms with E-state index in [1.165, 1.54) is 50.7 Å². The van der Waals surface area contributed by atoms with Gasteiger partial charge >= 0.3 is 0 Å². The van der Waals surface area contributed by atoms with Gasteiger partial charge in [-0.2, -0.15) is 11.8 Å². The highest BCUT2D eigenvalue weighted by molar-refractivity contribution is 7.98. The van der Waals surface area contributed by atoms with Crippen molar-refractivity contribution in [3.05, 3.63) is 0 Å². The summed E-state index contributed by atoms with van der Waals surface area (Å²) < 4.78 is 0. The Hall–Kier alpha value is -0.380. The topological polar surface area (TPSA) is 50.4 Å². The van der Waals surface area contributed by atoms with Crippen LogP contribution in [0.4, 0.5) is 0 Å². The Morgan fingerprint density at radius 2 is 1.94 bits per heavy atom. The van der Waals surface area contributed by atoms with Gasteiger partial charge in [-0.25, -0.2) is 0 Å². The molecule has 0 atom stereocenters. The third-order valence-electron chi connectivity index (χ3n) is 3.25. The maximum absolute atomic E-state index is 5.90. The number of hydrogen-bond acceptors (Lipinski definition) is 2. The van der Waals surface area contributed by atoms with Gasteiger partial charge in [0, 0.05) is 12.6 Å². The molecule has 0 aromatic heterocycles. The zero-order chi connectivity index (χ0) is 12.3. The summed E-state index contributed by atoms with van der Waals surface area (Å²) in [6, 6.07) is 0.562. The molecule has 1 rings (SSSR count). The van der Waals surface area contributed by atoms with Crippen molar-refractivity contribution in [1.29, 1.82) is 0 Å². The lowest BCUT2D eigenvalue weighted by Gasteiger charge is -2.16. The average molecular weight is 257 g/mol. The number of rotatable bonds is 6. The van der Waals surface area contributed by atoms with Gasteiger partial charge in [-0.3, -0.25) is 4.99 Å². The average Bonchev–Trinajstić information content (AvgIpc) is 2.57. The van der Waals surface area contributed by atoms with Gasteiger partial charge in [0.2, 0.25) is 0 Å². The van der Waals surface area contributed by atoms with Crippen LogP contribution in [0.2, 0.25) is 0 Å². The number of thioether (sulfide) groups is 1. The molecule has 100 valence electrons. The molecule has 3 N–H and O–H groups in total. The largest absolute Gasteiger partial charge is 0.370 e. The Bertz CT molecular complexity index is 211. The van der Waals surface area contributed by atoms with E-state index in [2.05, 4.69) is 16.6 Å². The zero-order valence-corrected chi connectivity index (χ0v) is 11.9. The van der Waals surface area contributed by atoms with E-state index < -0.39 is 0 Å². The summed E-state index contributed by atoms with van der Waals surface area (Å²) in [5.74, 6) is 1.88. The van der Waals surface area contributed by atoms with E-state index in [9.17, 15) is 0 Å². The van der Waals surface area contributed by atoms with Crippen molar-refractivity contribution in [2.45, 2.75) is 57.4 Å². The van der Waals surface area contributed by atoms with Crippen LogP contribution < -0.4 is 11.1 Å². The highest BCUT2D eigenvalue weighted by Crippen LogP contribution is 2.16. The highest BCUT2D eigenvalue weighted by Gasteiger charge is 2.11. The molecule has 1 saturated carbocycles. The summed E-state index contributed by atoms with van der Waals surface area (Å²) in [4.78, 5) is 4.39. The molecular formula is C13H27N3S. The smallest absolute Gasteiger partial charge is 0.188 e. The number of nitrogens with two attached hydrogens (primary N) is 1. The van der Waals surface area contributed by atoms with Gasteiger partial charge < -0.3 is 11.1 Å². The van der Waals surface area contributed by atoms with E-state index in [0.29, 0.717) is 12.0 Å². The van der Waals surface area contributed by atoms with Gasteiger partial charge in [0.1, 0.15) is 0 Å². The second kappa shape index (κ2) is 9.63. The quantitative estimate of drug-likeness (QED) is 0.333. The minimum atomic E-state index is 0.562. The summed E-state index contributed by atoms with van der Waals surface area (Å²) in [6.07, 6.45) is 12.5. The molecule has 17 heavy (non-hydrogen) atoms. The number of guanidine groups is 1. The highest BCUT2D eigenvalue weighted by atomic mass is 32.2. The van der Waals surface area contributed by atoms with Crippen LogP contribution in [-0.2, 0) is 0 Å². The predicted octanol–water partition coefficient (Wildman–Crippen LogP) is 2.76. The van der Waals surface area contributed by atoms with Crippen molar-refractivity contribution in [3.63, 3.8) is 0 Å². The summed E-state index contributed by atoms with van der Waals surface area (Å²) in [5, 5.41) is 3.37. The summed E-state index contributed by atoms with van der Waals surface area (Å²) >= 11 is 1.90. The van der Waals surface area contributed by atoms with Gasteiger partial charge in [0.25, 0.3) is 0 Å². The van der Waals surface area contributed by atoms with Crippen molar-refractivity contribution in [2.24, 2.45) is 10.7 Å². The van der Waals surface area contributed by atoms with Crippen molar-refractivity contribution in [2.75, 3.05) is 18.6 Å². The maximum Gasteiger partial charge on any atom is 0.188 e. The molecule has 0 unspecified atom stereocenters. The fourth-order valence-corrected chi connectivity index (χ4v) is 2.73. The van der Waals surface area contributed by atoms with E-state index in [0.717, 1.165) is 13.0 Å². The van der Waals surface area contributed by atoms with E-state index in [1.54, 1.807) is 0 Å². The Morgan fingerprint density at radius 1 is 1.24 bits per heavy atom. The minimum absolute atomic E-state index is 0.562. The van der Waals surface area contributed by atoms with Gasteiger partial charge in [0.15, 0.2) is 5.96 Å². The van der Waals surface area contributed by atoms with E-state index >= 15 is 0 Å². The first-order chi connectivity index (χ1) is 8.33. The van der Waals surface area contributed by atoms with Crippen molar-refractivity contribution in [1.82, 2.24) is 5.32 Å². The van der Waals surface area contributed by atoms with Crippen LogP contribution >= 0.6 is 11.8 Å². The Balaban J connectivity index is 2.13. The van der Waals surface area contributed by atoms with Crippen LogP contribution in [-0.4, -0.2) is 30.6 Å². The molecule has 0 bridgehead atoms. The Morgan fingerprint density at radius 3 is 2.59 bits per heavy atom. The molecular weight excluding hydrogens is 230 g/mol. The number of nitrogens with zero attached hydrogens (tertiary/aromatic N) is 1. The van der Waals surface area contributed by atoms with E-state index in [1.807, 2.05) is 11.8 Å².